The minimum Gasteiger partial charge on any atom is -0.477 e. The minimum absolute atomic E-state index is 0.172. The highest BCUT2D eigenvalue weighted by atomic mass is 16.7. The van der Waals surface area contributed by atoms with Crippen LogP contribution in [0.1, 0.15) is 232 Å². The van der Waals surface area contributed by atoms with Crippen LogP contribution in [0.4, 0.5) is 0 Å². The molecule has 0 aliphatic heterocycles. The third-order valence-electron chi connectivity index (χ3n) is 13.8. The Hall–Kier alpha value is -5.87. The Morgan fingerprint density at radius 3 is 0.899 bits per heavy atom. The second-order valence-corrected chi connectivity index (χ2v) is 23.4. The molecule has 9 nitrogen and oxygen atoms in total. The Bertz CT molecular complexity index is 2160. The molecule has 0 bridgehead atoms. The van der Waals surface area contributed by atoms with E-state index >= 15 is 0 Å². The van der Waals surface area contributed by atoms with Crippen molar-refractivity contribution in [2.45, 2.75) is 245 Å². The van der Waals surface area contributed by atoms with Gasteiger partial charge in [0, 0.05) is 12.8 Å². The molecule has 0 radical (unpaired) electrons. The van der Waals surface area contributed by atoms with Gasteiger partial charge >= 0.3 is 17.9 Å². The van der Waals surface area contributed by atoms with Crippen molar-refractivity contribution in [3.8, 4) is 0 Å². The number of hydrogen-bond donors (Lipinski definition) is 1. The summed E-state index contributed by atoms with van der Waals surface area (Å²) in [4.78, 5) is 37.6. The zero-order valence-electron chi connectivity index (χ0n) is 56.8. The lowest BCUT2D eigenvalue weighted by molar-refractivity contribution is -0.870. The summed E-state index contributed by atoms with van der Waals surface area (Å²) in [6, 6.07) is 0. The normalized spacial score (nSPS) is 13.9. The topological polar surface area (TPSA) is 108 Å². The molecule has 498 valence electrons. The number of carbonyl (C=O) groups excluding carboxylic acids is 2. The van der Waals surface area contributed by atoms with E-state index in [1.165, 1.54) is 25.7 Å². The van der Waals surface area contributed by atoms with E-state index in [1.807, 2.05) is 21.1 Å². The van der Waals surface area contributed by atoms with Crippen LogP contribution in [0.2, 0.25) is 0 Å². The Morgan fingerprint density at radius 1 is 0.337 bits per heavy atom. The maximum absolute atomic E-state index is 12.9. The third-order valence-corrected chi connectivity index (χ3v) is 13.8. The van der Waals surface area contributed by atoms with Gasteiger partial charge in [0.25, 0.3) is 6.29 Å². The summed E-state index contributed by atoms with van der Waals surface area (Å²) in [5.41, 5.74) is 0. The van der Waals surface area contributed by atoms with Crippen LogP contribution in [0, 0.1) is 0 Å². The molecule has 0 aromatic heterocycles. The van der Waals surface area contributed by atoms with Crippen LogP contribution >= 0.6 is 0 Å². The van der Waals surface area contributed by atoms with Gasteiger partial charge in [-0.3, -0.25) is 9.59 Å². The number of carbonyl (C=O) groups is 3. The second kappa shape index (κ2) is 68.0. The number of esters is 2. The van der Waals surface area contributed by atoms with Gasteiger partial charge in [0.1, 0.15) is 13.2 Å². The highest BCUT2D eigenvalue weighted by Crippen LogP contribution is 2.14. The number of likely N-dealkylation sites (N-methyl/N-ethyl adjacent to an activating group) is 1. The van der Waals surface area contributed by atoms with Crippen LogP contribution in [-0.2, 0) is 33.3 Å². The maximum atomic E-state index is 12.9. The molecule has 0 saturated carbocycles. The number of allylic oxidation sites excluding steroid dienone is 32. The molecule has 0 fully saturated rings. The van der Waals surface area contributed by atoms with Gasteiger partial charge in [-0.05, 0) is 141 Å². The molecule has 0 saturated heterocycles. The largest absolute Gasteiger partial charge is 0.477 e. The van der Waals surface area contributed by atoms with Gasteiger partial charge in [0.15, 0.2) is 6.10 Å². The van der Waals surface area contributed by atoms with E-state index in [0.29, 0.717) is 17.4 Å². The molecule has 1 N–H and O–H groups in total. The Labute approximate surface area is 544 Å². The second-order valence-electron chi connectivity index (χ2n) is 23.4. The molecule has 0 amide bonds. The molecular weight excluding hydrogens is 1100 g/mol. The van der Waals surface area contributed by atoms with E-state index in [0.717, 1.165) is 173 Å². The van der Waals surface area contributed by atoms with Crippen molar-refractivity contribution in [2.75, 3.05) is 47.5 Å². The summed E-state index contributed by atoms with van der Waals surface area (Å²) in [5, 5.41) is 9.74. The van der Waals surface area contributed by atoms with E-state index in [9.17, 15) is 19.5 Å². The Morgan fingerprint density at radius 2 is 0.607 bits per heavy atom. The first kappa shape index (κ1) is 83.1. The van der Waals surface area contributed by atoms with E-state index in [1.54, 1.807) is 0 Å². The molecule has 89 heavy (non-hydrogen) atoms. The summed E-state index contributed by atoms with van der Waals surface area (Å²) >= 11 is 0. The number of carboxylic acids is 1. The first-order chi connectivity index (χ1) is 43.6. The fourth-order valence-electron chi connectivity index (χ4n) is 8.63. The van der Waals surface area contributed by atoms with Crippen LogP contribution in [0.3, 0.4) is 0 Å². The molecule has 0 aliphatic carbocycles. The van der Waals surface area contributed by atoms with Crippen molar-refractivity contribution in [3.05, 3.63) is 194 Å². The van der Waals surface area contributed by atoms with Crippen molar-refractivity contribution in [1.29, 1.82) is 0 Å². The lowest BCUT2D eigenvalue weighted by Gasteiger charge is -2.25. The zero-order chi connectivity index (χ0) is 64.7. The molecule has 0 aromatic carbocycles. The van der Waals surface area contributed by atoms with Crippen molar-refractivity contribution < 1.29 is 42.9 Å². The lowest BCUT2D eigenvalue weighted by atomic mass is 10.1. The fourth-order valence-corrected chi connectivity index (χ4v) is 8.63. The smallest absolute Gasteiger partial charge is 0.361 e. The number of aliphatic carboxylic acids is 1. The van der Waals surface area contributed by atoms with Crippen LogP contribution < -0.4 is 0 Å². The zero-order valence-corrected chi connectivity index (χ0v) is 56.8. The summed E-state index contributed by atoms with van der Waals surface area (Å²) < 4.78 is 22.9. The minimum atomic E-state index is -1.53. The highest BCUT2D eigenvalue weighted by molar-refractivity contribution is 5.71. The van der Waals surface area contributed by atoms with Crippen molar-refractivity contribution in [3.63, 3.8) is 0 Å². The van der Waals surface area contributed by atoms with Gasteiger partial charge in [-0.25, -0.2) is 4.79 Å². The molecular formula is C80H126NO8+. The van der Waals surface area contributed by atoms with Gasteiger partial charge < -0.3 is 28.5 Å². The van der Waals surface area contributed by atoms with Gasteiger partial charge in [-0.2, -0.15) is 0 Å². The number of unbranched alkanes of at least 4 members (excludes halogenated alkanes) is 14. The molecule has 2 atom stereocenters. The Kier molecular flexibility index (Phi) is 63.6. The van der Waals surface area contributed by atoms with Crippen LogP contribution in [0.5, 0.6) is 0 Å². The van der Waals surface area contributed by atoms with Crippen molar-refractivity contribution in [1.82, 2.24) is 0 Å². The summed E-state index contributed by atoms with van der Waals surface area (Å²) in [7, 11) is 5.95. The standard InChI is InChI=1S/C80H125NO8/c1-6-8-10-12-14-16-18-20-22-24-26-28-30-32-33-34-35-36-37-38-39-40-41-42-43-44-45-47-49-51-53-55-57-59-61-63-65-67-69-71-78(83)89-76(75-88-80(79(84)85)86-73-72-81(3,4)5)74-87-77(82)70-68-66-64-62-60-58-56-54-52-50-48-46-31-29-27-25-23-21-19-17-15-13-11-9-7-2/h8-11,14-17,20-23,26-29,32-33,35-36,38-39,41-42,44-46,48-49,51-52,54,76,80H,6-7,12-13,18-19,24-25,30-31,34,37,40,43,47,50,53,55-75H2,1-5H3/p+1/b10-8-,11-9-,16-14-,17-15-,22-20-,23-21-,28-26-,29-27-,33-32-,36-35-,39-38-,42-41-,45-44-,48-46-,51-49-,54-52-. The molecule has 9 heteroatoms. The average Bonchev–Trinajstić information content (AvgIpc) is 3.64. The predicted molar refractivity (Wildman–Crippen MR) is 382 cm³/mol. The van der Waals surface area contributed by atoms with Crippen LogP contribution in [0.25, 0.3) is 0 Å². The summed E-state index contributed by atoms with van der Waals surface area (Å²) in [6.45, 7) is 4.59. The maximum Gasteiger partial charge on any atom is 0.361 e. The van der Waals surface area contributed by atoms with Crippen LogP contribution in [-0.4, -0.2) is 87.4 Å². The average molecular weight is 1230 g/mol. The van der Waals surface area contributed by atoms with E-state index in [2.05, 4.69) is 208 Å². The Balaban J connectivity index is 4.25. The number of carboxylic acid groups (broad SMARTS) is 1. The molecule has 2 unspecified atom stereocenters. The van der Waals surface area contributed by atoms with Crippen molar-refractivity contribution in [2.24, 2.45) is 0 Å². The van der Waals surface area contributed by atoms with Gasteiger partial charge in [0.05, 0.1) is 34.4 Å². The molecule has 0 heterocycles. The number of ether oxygens (including phenoxy) is 4. The van der Waals surface area contributed by atoms with Crippen LogP contribution in [0.15, 0.2) is 194 Å². The first-order valence-corrected chi connectivity index (χ1v) is 34.6. The number of rotatable bonds is 61. The molecule has 0 aliphatic rings. The fraction of sp³-hybridized carbons (Fsp3) is 0.562. The molecule has 0 aromatic rings. The number of hydrogen-bond acceptors (Lipinski definition) is 7. The first-order valence-electron chi connectivity index (χ1n) is 34.6. The van der Waals surface area contributed by atoms with Gasteiger partial charge in [-0.15, -0.1) is 0 Å². The number of quaternary nitrogens is 1. The molecule has 0 rings (SSSR count). The summed E-state index contributed by atoms with van der Waals surface area (Å²) in [5.74, 6) is -2.06. The van der Waals surface area contributed by atoms with Gasteiger partial charge in [-0.1, -0.05) is 272 Å². The van der Waals surface area contributed by atoms with E-state index in [-0.39, 0.29) is 38.6 Å². The van der Waals surface area contributed by atoms with Crippen molar-refractivity contribution >= 4 is 17.9 Å². The predicted octanol–water partition coefficient (Wildman–Crippen LogP) is 21.8. The summed E-state index contributed by atoms with van der Waals surface area (Å²) in [6.07, 6.45) is 102. The highest BCUT2D eigenvalue weighted by Gasteiger charge is 2.25. The SMILES string of the molecule is CC/C=C\C/C=C\C/C=C\C/C=C\C/C=C\C/C=C\C/C=C\C/C=C\C/C=C\C/C=C\CCCCCCCCCCC(=O)OC(COC(=O)CCCCCCCC/C=C\C/C=C\C/C=C\C/C=C\C/C=C\C/C=C\CC)COC(OCC[N+](C)(C)C)C(=O)O. The monoisotopic (exact) mass is 1230 g/mol. The molecule has 0 spiro atoms. The lowest BCUT2D eigenvalue weighted by Crippen LogP contribution is -2.40. The quantitative estimate of drug-likeness (QED) is 0.0211. The van der Waals surface area contributed by atoms with E-state index < -0.39 is 24.3 Å². The third kappa shape index (κ3) is 69.5. The van der Waals surface area contributed by atoms with E-state index in [4.69, 9.17) is 18.9 Å². The van der Waals surface area contributed by atoms with Gasteiger partial charge in [0.2, 0.25) is 0 Å². The number of nitrogens with zero attached hydrogens (tertiary/aromatic N) is 1.